The fourth-order valence-corrected chi connectivity index (χ4v) is 2.63. The number of hydrogen-bond acceptors (Lipinski definition) is 2. The van der Waals surface area contributed by atoms with Crippen LogP contribution in [0.3, 0.4) is 0 Å². The van der Waals surface area contributed by atoms with E-state index in [1.165, 1.54) is 18.5 Å². The highest BCUT2D eigenvalue weighted by molar-refractivity contribution is 7.80. The van der Waals surface area contributed by atoms with Gasteiger partial charge in [-0.05, 0) is 30.7 Å². The fraction of sp³-hybridized carbons (Fsp3) is 0.533. The van der Waals surface area contributed by atoms with Gasteiger partial charge in [0.2, 0.25) is 0 Å². The number of nitrogens with one attached hydrogen (secondary N) is 1. The highest BCUT2D eigenvalue weighted by Gasteiger charge is 2.17. The van der Waals surface area contributed by atoms with Crippen LogP contribution in [0.25, 0.3) is 0 Å². The van der Waals surface area contributed by atoms with Crippen molar-refractivity contribution in [2.75, 3.05) is 32.7 Å². The van der Waals surface area contributed by atoms with Crippen LogP contribution in [0.5, 0.6) is 0 Å². The Bertz CT molecular complexity index is 386. The summed E-state index contributed by atoms with van der Waals surface area (Å²) in [6, 6.07) is 10.4. The molecule has 0 aromatic heterocycles. The van der Waals surface area contributed by atoms with Crippen LogP contribution in [0, 0.1) is 0 Å². The Morgan fingerprint density at radius 2 is 1.84 bits per heavy atom. The minimum atomic E-state index is 0.814. The summed E-state index contributed by atoms with van der Waals surface area (Å²) >= 11 is 5.47. The largest absolute Gasteiger partial charge is 0.358 e. The maximum Gasteiger partial charge on any atom is 0.169 e. The minimum Gasteiger partial charge on any atom is -0.358 e. The van der Waals surface area contributed by atoms with Gasteiger partial charge in [-0.2, -0.15) is 0 Å². The Kier molecular flexibility index (Phi) is 5.61. The standard InChI is InChI=1S/C15H23N3S/c1-2-8-17-9-11-18(12-10-17)15(19)16-13-14-6-4-3-5-7-14/h3-7H,2,8-13H2,1H3,(H,16,19). The van der Waals surface area contributed by atoms with Gasteiger partial charge in [-0.3, -0.25) is 4.90 Å². The third kappa shape index (κ3) is 4.48. The number of piperazine rings is 1. The Morgan fingerprint density at radius 1 is 1.16 bits per heavy atom. The second-order valence-electron chi connectivity index (χ2n) is 4.97. The minimum absolute atomic E-state index is 0.814. The van der Waals surface area contributed by atoms with Crippen LogP contribution in [0.4, 0.5) is 0 Å². The second-order valence-corrected chi connectivity index (χ2v) is 5.36. The molecule has 1 N–H and O–H groups in total. The number of rotatable bonds is 4. The first-order valence-electron chi connectivity index (χ1n) is 7.08. The van der Waals surface area contributed by atoms with E-state index in [0.29, 0.717) is 0 Å². The molecule has 1 aromatic rings. The summed E-state index contributed by atoms with van der Waals surface area (Å²) in [7, 11) is 0. The maximum absolute atomic E-state index is 5.47. The molecule has 0 spiro atoms. The van der Waals surface area contributed by atoms with E-state index in [1.54, 1.807) is 0 Å². The molecule has 1 saturated heterocycles. The monoisotopic (exact) mass is 277 g/mol. The molecule has 1 fully saturated rings. The molecule has 1 heterocycles. The van der Waals surface area contributed by atoms with E-state index in [4.69, 9.17) is 12.2 Å². The summed E-state index contributed by atoms with van der Waals surface area (Å²) in [6.45, 7) is 8.59. The van der Waals surface area contributed by atoms with E-state index in [0.717, 1.165) is 37.8 Å². The van der Waals surface area contributed by atoms with Gasteiger partial charge < -0.3 is 10.2 Å². The lowest BCUT2D eigenvalue weighted by atomic mass is 10.2. The van der Waals surface area contributed by atoms with Crippen molar-refractivity contribution in [2.45, 2.75) is 19.9 Å². The molecule has 1 aliphatic heterocycles. The van der Waals surface area contributed by atoms with Crippen LogP contribution in [0.2, 0.25) is 0 Å². The quantitative estimate of drug-likeness (QED) is 0.849. The van der Waals surface area contributed by atoms with Crippen molar-refractivity contribution in [3.63, 3.8) is 0 Å². The van der Waals surface area contributed by atoms with Gasteiger partial charge in [0.1, 0.15) is 0 Å². The van der Waals surface area contributed by atoms with E-state index in [1.807, 2.05) is 6.07 Å². The zero-order valence-electron chi connectivity index (χ0n) is 11.6. The molecule has 104 valence electrons. The summed E-state index contributed by atoms with van der Waals surface area (Å²) in [5, 5.41) is 4.24. The molecule has 3 nitrogen and oxygen atoms in total. The molecule has 0 bridgehead atoms. The molecule has 0 saturated carbocycles. The summed E-state index contributed by atoms with van der Waals surface area (Å²) in [6.07, 6.45) is 1.23. The first kappa shape index (κ1) is 14.3. The number of thiocarbonyl (C=S) groups is 1. The topological polar surface area (TPSA) is 18.5 Å². The third-order valence-electron chi connectivity index (χ3n) is 3.49. The van der Waals surface area contributed by atoms with Crippen LogP contribution in [0.1, 0.15) is 18.9 Å². The van der Waals surface area contributed by atoms with Gasteiger partial charge in [-0.25, -0.2) is 0 Å². The zero-order valence-corrected chi connectivity index (χ0v) is 12.5. The van der Waals surface area contributed by atoms with Crippen molar-refractivity contribution >= 4 is 17.3 Å². The van der Waals surface area contributed by atoms with E-state index >= 15 is 0 Å². The molecular weight excluding hydrogens is 254 g/mol. The number of benzene rings is 1. The molecule has 1 aliphatic rings. The van der Waals surface area contributed by atoms with E-state index in [9.17, 15) is 0 Å². The van der Waals surface area contributed by atoms with E-state index < -0.39 is 0 Å². The summed E-state index contributed by atoms with van der Waals surface area (Å²) in [5.41, 5.74) is 1.27. The summed E-state index contributed by atoms with van der Waals surface area (Å²) < 4.78 is 0. The Morgan fingerprint density at radius 3 is 2.47 bits per heavy atom. The normalized spacial score (nSPS) is 16.4. The van der Waals surface area contributed by atoms with Crippen molar-refractivity contribution in [3.05, 3.63) is 35.9 Å². The van der Waals surface area contributed by atoms with Crippen molar-refractivity contribution < 1.29 is 0 Å². The summed E-state index contributed by atoms with van der Waals surface area (Å²) in [4.78, 5) is 4.79. The average Bonchev–Trinajstić information content (AvgIpc) is 2.47. The van der Waals surface area contributed by atoms with Crippen molar-refractivity contribution in [1.29, 1.82) is 0 Å². The molecule has 0 atom stereocenters. The smallest absolute Gasteiger partial charge is 0.169 e. The van der Waals surface area contributed by atoms with Gasteiger partial charge in [-0.15, -0.1) is 0 Å². The van der Waals surface area contributed by atoms with Gasteiger partial charge in [0.05, 0.1) is 0 Å². The average molecular weight is 277 g/mol. The van der Waals surface area contributed by atoms with E-state index in [2.05, 4.69) is 46.3 Å². The Labute approximate surface area is 121 Å². The van der Waals surface area contributed by atoms with E-state index in [-0.39, 0.29) is 0 Å². The molecular formula is C15H23N3S. The third-order valence-corrected chi connectivity index (χ3v) is 3.89. The zero-order chi connectivity index (χ0) is 13.5. The first-order chi connectivity index (χ1) is 9.29. The Balaban J connectivity index is 1.73. The number of hydrogen-bond donors (Lipinski definition) is 1. The lowest BCUT2D eigenvalue weighted by molar-refractivity contribution is 0.181. The van der Waals surface area contributed by atoms with Crippen molar-refractivity contribution in [1.82, 2.24) is 15.1 Å². The number of nitrogens with zero attached hydrogens (tertiary/aromatic N) is 2. The fourth-order valence-electron chi connectivity index (χ4n) is 2.38. The van der Waals surface area contributed by atoms with Gasteiger partial charge >= 0.3 is 0 Å². The van der Waals surface area contributed by atoms with Crippen molar-refractivity contribution in [3.8, 4) is 0 Å². The molecule has 0 amide bonds. The molecule has 0 radical (unpaired) electrons. The maximum atomic E-state index is 5.47. The predicted molar refractivity (Wildman–Crippen MR) is 84.2 cm³/mol. The van der Waals surface area contributed by atoms with Gasteiger partial charge in [-0.1, -0.05) is 37.3 Å². The highest BCUT2D eigenvalue weighted by atomic mass is 32.1. The molecule has 2 rings (SSSR count). The van der Waals surface area contributed by atoms with Crippen molar-refractivity contribution in [2.24, 2.45) is 0 Å². The van der Waals surface area contributed by atoms with Crippen LogP contribution in [-0.4, -0.2) is 47.6 Å². The van der Waals surface area contributed by atoms with Crippen LogP contribution in [-0.2, 0) is 6.54 Å². The van der Waals surface area contributed by atoms with Gasteiger partial charge in [0.15, 0.2) is 5.11 Å². The molecule has 0 unspecified atom stereocenters. The predicted octanol–water partition coefficient (Wildman–Crippen LogP) is 2.09. The highest BCUT2D eigenvalue weighted by Crippen LogP contribution is 2.04. The van der Waals surface area contributed by atoms with Crippen LogP contribution >= 0.6 is 12.2 Å². The lowest BCUT2D eigenvalue weighted by Crippen LogP contribution is -2.51. The second kappa shape index (κ2) is 7.46. The van der Waals surface area contributed by atoms with Gasteiger partial charge in [0, 0.05) is 32.7 Å². The van der Waals surface area contributed by atoms with Gasteiger partial charge in [0.25, 0.3) is 0 Å². The van der Waals surface area contributed by atoms with Crippen LogP contribution < -0.4 is 5.32 Å². The Hall–Kier alpha value is -1.13. The summed E-state index contributed by atoms with van der Waals surface area (Å²) in [5.74, 6) is 0. The lowest BCUT2D eigenvalue weighted by Gasteiger charge is -2.36. The van der Waals surface area contributed by atoms with Crippen LogP contribution in [0.15, 0.2) is 30.3 Å². The molecule has 19 heavy (non-hydrogen) atoms. The molecule has 0 aliphatic carbocycles. The first-order valence-corrected chi connectivity index (χ1v) is 7.49. The molecule has 1 aromatic carbocycles. The SMILES string of the molecule is CCCN1CCN(C(=S)NCc2ccccc2)CC1. The molecule has 4 heteroatoms.